The van der Waals surface area contributed by atoms with E-state index in [9.17, 15) is 9.90 Å². The molecule has 1 N–H and O–H groups in total. The van der Waals surface area contributed by atoms with Crippen molar-refractivity contribution in [3.8, 4) is 5.75 Å². The summed E-state index contributed by atoms with van der Waals surface area (Å²) in [5.74, 6) is 0.591. The van der Waals surface area contributed by atoms with Crippen LogP contribution in [0.4, 0.5) is 0 Å². The van der Waals surface area contributed by atoms with Crippen LogP contribution in [0.1, 0.15) is 37.9 Å². The monoisotopic (exact) mass is 252 g/mol. The predicted molar refractivity (Wildman–Crippen MR) is 68.4 cm³/mol. The highest BCUT2D eigenvalue weighted by Gasteiger charge is 2.02. The summed E-state index contributed by atoms with van der Waals surface area (Å²) >= 11 is 0. The van der Waals surface area contributed by atoms with Crippen LogP contribution in [0.2, 0.25) is 0 Å². The largest absolute Gasteiger partial charge is 0.494 e. The lowest BCUT2D eigenvalue weighted by Gasteiger charge is -2.08. The van der Waals surface area contributed by atoms with Gasteiger partial charge in [0.2, 0.25) is 0 Å². The summed E-state index contributed by atoms with van der Waals surface area (Å²) in [6, 6.07) is 7.35. The lowest BCUT2D eigenvalue weighted by Crippen LogP contribution is -2.02. The zero-order chi connectivity index (χ0) is 13.4. The number of methoxy groups -OCH3 is 1. The Morgan fingerprint density at radius 3 is 2.50 bits per heavy atom. The normalized spacial score (nSPS) is 11.9. The number of carbonyl (C=O) groups is 1. The molecule has 18 heavy (non-hydrogen) atoms. The molecule has 0 aliphatic heterocycles. The molecule has 0 aliphatic rings. The average molecular weight is 252 g/mol. The molecule has 0 saturated heterocycles. The van der Waals surface area contributed by atoms with Crippen molar-refractivity contribution in [3.63, 3.8) is 0 Å². The summed E-state index contributed by atoms with van der Waals surface area (Å²) in [7, 11) is 1.39. The third-order valence-corrected chi connectivity index (χ3v) is 2.63. The first-order chi connectivity index (χ1) is 8.63. The second-order valence-electron chi connectivity index (χ2n) is 4.13. The van der Waals surface area contributed by atoms with Crippen molar-refractivity contribution in [2.24, 2.45) is 0 Å². The van der Waals surface area contributed by atoms with E-state index in [-0.39, 0.29) is 5.97 Å². The number of aliphatic hydroxyl groups excluding tert-OH is 1. The van der Waals surface area contributed by atoms with Gasteiger partial charge >= 0.3 is 5.97 Å². The van der Waals surface area contributed by atoms with Crippen LogP contribution in [0, 0.1) is 0 Å². The molecule has 0 spiro atoms. The Morgan fingerprint density at radius 1 is 1.28 bits per heavy atom. The zero-order valence-electron chi connectivity index (χ0n) is 10.9. The average Bonchev–Trinajstić information content (AvgIpc) is 2.38. The number of esters is 1. The summed E-state index contributed by atoms with van der Waals surface area (Å²) in [5, 5.41) is 9.35. The molecule has 0 aliphatic carbocycles. The van der Waals surface area contributed by atoms with Gasteiger partial charge in [-0.15, -0.1) is 0 Å². The van der Waals surface area contributed by atoms with E-state index in [1.165, 1.54) is 7.11 Å². The third-order valence-electron chi connectivity index (χ3n) is 2.63. The van der Waals surface area contributed by atoms with Crippen molar-refractivity contribution in [1.29, 1.82) is 0 Å². The van der Waals surface area contributed by atoms with Gasteiger partial charge in [0.05, 0.1) is 19.8 Å². The molecule has 0 fully saturated rings. The maximum Gasteiger partial charge on any atom is 0.305 e. The number of hydrogen-bond acceptors (Lipinski definition) is 4. The van der Waals surface area contributed by atoms with Gasteiger partial charge in [-0.3, -0.25) is 4.79 Å². The molecule has 4 heteroatoms. The van der Waals surface area contributed by atoms with E-state index in [1.807, 2.05) is 24.3 Å². The fraction of sp³-hybridized carbons (Fsp3) is 0.500. The molecule has 1 aromatic rings. The van der Waals surface area contributed by atoms with Crippen molar-refractivity contribution in [2.75, 3.05) is 13.7 Å². The van der Waals surface area contributed by atoms with Crippen LogP contribution in [0.5, 0.6) is 5.75 Å². The highest BCUT2D eigenvalue weighted by molar-refractivity contribution is 5.68. The van der Waals surface area contributed by atoms with Crippen molar-refractivity contribution in [2.45, 2.75) is 32.3 Å². The van der Waals surface area contributed by atoms with Gasteiger partial charge in [0, 0.05) is 6.42 Å². The highest BCUT2D eigenvalue weighted by Crippen LogP contribution is 2.17. The molecule has 1 rings (SSSR count). The van der Waals surface area contributed by atoms with Gasteiger partial charge in [-0.2, -0.15) is 0 Å². The van der Waals surface area contributed by atoms with Crippen LogP contribution < -0.4 is 4.74 Å². The van der Waals surface area contributed by atoms with Crippen LogP contribution in [-0.2, 0) is 9.53 Å². The van der Waals surface area contributed by atoms with Gasteiger partial charge in [0.15, 0.2) is 0 Å². The molecular formula is C14H20O4. The SMILES string of the molecule is COC(=O)CCCCOc1ccc(C(C)O)cc1. The molecule has 0 bridgehead atoms. The van der Waals surface area contributed by atoms with Crippen LogP contribution in [-0.4, -0.2) is 24.8 Å². The molecular weight excluding hydrogens is 232 g/mol. The van der Waals surface area contributed by atoms with E-state index in [2.05, 4.69) is 4.74 Å². The molecule has 100 valence electrons. The Hall–Kier alpha value is -1.55. The van der Waals surface area contributed by atoms with E-state index >= 15 is 0 Å². The molecule has 0 radical (unpaired) electrons. The molecule has 0 amide bonds. The number of ether oxygens (including phenoxy) is 2. The first-order valence-electron chi connectivity index (χ1n) is 6.11. The maximum absolute atomic E-state index is 10.9. The fourth-order valence-corrected chi connectivity index (χ4v) is 1.51. The van der Waals surface area contributed by atoms with E-state index < -0.39 is 6.10 Å². The van der Waals surface area contributed by atoms with E-state index in [1.54, 1.807) is 6.92 Å². The number of rotatable bonds is 7. The number of unbranched alkanes of at least 4 members (excludes halogenated alkanes) is 1. The van der Waals surface area contributed by atoms with Gasteiger partial charge in [-0.1, -0.05) is 12.1 Å². The topological polar surface area (TPSA) is 55.8 Å². The Labute approximate surface area is 108 Å². The lowest BCUT2D eigenvalue weighted by molar-refractivity contribution is -0.140. The Bertz CT molecular complexity index is 357. The minimum Gasteiger partial charge on any atom is -0.494 e. The van der Waals surface area contributed by atoms with E-state index in [0.717, 1.165) is 24.2 Å². The fourth-order valence-electron chi connectivity index (χ4n) is 1.51. The first kappa shape index (κ1) is 14.5. The third kappa shape index (κ3) is 5.19. The number of aliphatic hydroxyl groups is 1. The minimum absolute atomic E-state index is 0.184. The molecule has 0 aromatic heterocycles. The second-order valence-corrected chi connectivity index (χ2v) is 4.13. The quantitative estimate of drug-likeness (QED) is 0.598. The van der Waals surface area contributed by atoms with Gasteiger partial charge in [0.25, 0.3) is 0 Å². The van der Waals surface area contributed by atoms with Gasteiger partial charge < -0.3 is 14.6 Å². The van der Waals surface area contributed by atoms with E-state index in [4.69, 9.17) is 4.74 Å². The number of carbonyl (C=O) groups excluding carboxylic acids is 1. The molecule has 1 unspecified atom stereocenters. The molecule has 4 nitrogen and oxygen atoms in total. The summed E-state index contributed by atoms with van der Waals surface area (Å²) in [4.78, 5) is 10.9. The van der Waals surface area contributed by atoms with Gasteiger partial charge in [0.1, 0.15) is 5.75 Å². The van der Waals surface area contributed by atoms with Crippen LogP contribution in [0.25, 0.3) is 0 Å². The van der Waals surface area contributed by atoms with Gasteiger partial charge in [-0.05, 0) is 37.5 Å². The van der Waals surface area contributed by atoms with Gasteiger partial charge in [-0.25, -0.2) is 0 Å². The Morgan fingerprint density at radius 2 is 1.94 bits per heavy atom. The summed E-state index contributed by atoms with van der Waals surface area (Å²) in [6.07, 6.45) is 1.55. The maximum atomic E-state index is 10.9. The Balaban J connectivity index is 2.21. The number of hydrogen-bond donors (Lipinski definition) is 1. The first-order valence-corrected chi connectivity index (χ1v) is 6.11. The van der Waals surface area contributed by atoms with Crippen LogP contribution in [0.3, 0.4) is 0 Å². The smallest absolute Gasteiger partial charge is 0.305 e. The molecule has 1 aromatic carbocycles. The summed E-state index contributed by atoms with van der Waals surface area (Å²) < 4.78 is 10.1. The zero-order valence-corrected chi connectivity index (χ0v) is 10.9. The molecule has 1 atom stereocenters. The lowest BCUT2D eigenvalue weighted by atomic mass is 10.1. The molecule has 0 saturated carbocycles. The molecule has 0 heterocycles. The Kier molecular flexibility index (Phi) is 6.22. The summed E-state index contributed by atoms with van der Waals surface area (Å²) in [5.41, 5.74) is 0.869. The highest BCUT2D eigenvalue weighted by atomic mass is 16.5. The van der Waals surface area contributed by atoms with E-state index in [0.29, 0.717) is 13.0 Å². The van der Waals surface area contributed by atoms with Crippen molar-refractivity contribution in [1.82, 2.24) is 0 Å². The number of benzene rings is 1. The van der Waals surface area contributed by atoms with Crippen LogP contribution in [0.15, 0.2) is 24.3 Å². The van der Waals surface area contributed by atoms with Crippen LogP contribution >= 0.6 is 0 Å². The minimum atomic E-state index is -0.459. The van der Waals surface area contributed by atoms with Crippen molar-refractivity contribution in [3.05, 3.63) is 29.8 Å². The predicted octanol–water partition coefficient (Wildman–Crippen LogP) is 2.46. The summed E-state index contributed by atoms with van der Waals surface area (Å²) in [6.45, 7) is 2.30. The second kappa shape index (κ2) is 7.71. The standard InChI is InChI=1S/C14H20O4/c1-11(15)12-6-8-13(9-7-12)18-10-4-3-5-14(16)17-2/h6-9,11,15H,3-5,10H2,1-2H3. The van der Waals surface area contributed by atoms with Crippen molar-refractivity contribution >= 4 is 5.97 Å². The van der Waals surface area contributed by atoms with Crippen molar-refractivity contribution < 1.29 is 19.4 Å².